The first-order valence-corrected chi connectivity index (χ1v) is 5.96. The van der Waals surface area contributed by atoms with Gasteiger partial charge >= 0.3 is 0 Å². The molecule has 1 fully saturated rings. The molecule has 1 heterocycles. The molecule has 1 aliphatic heterocycles. The normalized spacial score (nSPS) is 25.8. The van der Waals surface area contributed by atoms with Gasteiger partial charge in [0.15, 0.2) is 0 Å². The summed E-state index contributed by atoms with van der Waals surface area (Å²) in [5.74, 6) is 2.21. The smallest absolute Gasteiger partial charge is 0.239 e. The fourth-order valence-corrected chi connectivity index (χ4v) is 2.46. The van der Waals surface area contributed by atoms with E-state index in [1.807, 2.05) is 23.6 Å². The van der Waals surface area contributed by atoms with E-state index in [-0.39, 0.29) is 11.9 Å². The number of hydrogen-bond acceptors (Lipinski definition) is 3. The van der Waals surface area contributed by atoms with Crippen molar-refractivity contribution in [1.29, 1.82) is 0 Å². The molecule has 13 heavy (non-hydrogen) atoms. The minimum absolute atomic E-state index is 0.121. The largest absolute Gasteiger partial charge is 0.337 e. The molecule has 0 aliphatic carbocycles. The molecule has 1 rings (SSSR count). The first-order chi connectivity index (χ1) is 6.16. The maximum absolute atomic E-state index is 11.7. The fourth-order valence-electron chi connectivity index (χ4n) is 1.44. The molecule has 4 heteroatoms. The molecule has 2 N–H and O–H groups in total. The van der Waals surface area contributed by atoms with Crippen LogP contribution in [0.3, 0.4) is 0 Å². The van der Waals surface area contributed by atoms with Crippen LogP contribution in [0.15, 0.2) is 0 Å². The van der Waals surface area contributed by atoms with Crippen molar-refractivity contribution < 1.29 is 4.79 Å². The van der Waals surface area contributed by atoms with E-state index >= 15 is 0 Å². The molecular formula is C9H18N2OS. The molecule has 1 amide bonds. The lowest BCUT2D eigenvalue weighted by molar-refractivity contribution is -0.134. The van der Waals surface area contributed by atoms with Gasteiger partial charge in [-0.25, -0.2) is 0 Å². The fraction of sp³-hybridized carbons (Fsp3) is 0.889. The average Bonchev–Trinajstić information content (AvgIpc) is 2.16. The van der Waals surface area contributed by atoms with Crippen LogP contribution in [0, 0.1) is 0 Å². The van der Waals surface area contributed by atoms with E-state index in [1.54, 1.807) is 0 Å². The Labute approximate surface area is 84.0 Å². The van der Waals surface area contributed by atoms with Crippen molar-refractivity contribution in [2.45, 2.75) is 32.4 Å². The Morgan fingerprint density at radius 1 is 1.77 bits per heavy atom. The Hall–Kier alpha value is -0.220. The summed E-state index contributed by atoms with van der Waals surface area (Å²) >= 11 is 1.91. The van der Waals surface area contributed by atoms with E-state index in [1.165, 1.54) is 0 Å². The molecular weight excluding hydrogens is 184 g/mol. The van der Waals surface area contributed by atoms with Gasteiger partial charge in [-0.05, 0) is 13.3 Å². The zero-order chi connectivity index (χ0) is 9.84. The minimum Gasteiger partial charge on any atom is -0.337 e. The third kappa shape index (κ3) is 2.61. The quantitative estimate of drug-likeness (QED) is 0.716. The van der Waals surface area contributed by atoms with Gasteiger partial charge in [0.2, 0.25) is 5.91 Å². The average molecular weight is 202 g/mol. The zero-order valence-electron chi connectivity index (χ0n) is 8.32. The lowest BCUT2D eigenvalue weighted by atomic mass is 10.2. The van der Waals surface area contributed by atoms with Crippen molar-refractivity contribution in [3.8, 4) is 0 Å². The van der Waals surface area contributed by atoms with E-state index in [0.717, 1.165) is 24.5 Å². The predicted octanol–water partition coefficient (Wildman–Crippen LogP) is 0.688. The summed E-state index contributed by atoms with van der Waals surface area (Å²) in [6, 6.07) is 0.0504. The molecule has 0 radical (unpaired) electrons. The van der Waals surface area contributed by atoms with Gasteiger partial charge < -0.3 is 10.6 Å². The van der Waals surface area contributed by atoms with Gasteiger partial charge in [-0.15, -0.1) is 0 Å². The van der Waals surface area contributed by atoms with Gasteiger partial charge in [-0.2, -0.15) is 11.8 Å². The summed E-state index contributed by atoms with van der Waals surface area (Å²) in [4.78, 5) is 13.7. The Balaban J connectivity index is 2.53. The van der Waals surface area contributed by atoms with E-state index in [9.17, 15) is 4.79 Å². The van der Waals surface area contributed by atoms with Crippen LogP contribution in [0.1, 0.15) is 20.3 Å². The molecule has 2 atom stereocenters. The number of rotatable bonds is 2. The minimum atomic E-state index is -0.300. The molecule has 3 nitrogen and oxygen atoms in total. The summed E-state index contributed by atoms with van der Waals surface area (Å²) < 4.78 is 0. The zero-order valence-corrected chi connectivity index (χ0v) is 9.14. The van der Waals surface area contributed by atoms with Gasteiger partial charge in [0.05, 0.1) is 6.04 Å². The molecule has 0 aromatic carbocycles. The molecule has 0 bridgehead atoms. The molecule has 0 aromatic rings. The van der Waals surface area contributed by atoms with Crippen LogP contribution in [0.4, 0.5) is 0 Å². The van der Waals surface area contributed by atoms with Crippen LogP contribution in [0.2, 0.25) is 0 Å². The van der Waals surface area contributed by atoms with Crippen LogP contribution in [-0.4, -0.2) is 40.9 Å². The summed E-state index contributed by atoms with van der Waals surface area (Å²) in [7, 11) is 0. The second-order valence-corrected chi connectivity index (χ2v) is 4.62. The lowest BCUT2D eigenvalue weighted by Gasteiger charge is -2.34. The monoisotopic (exact) mass is 202 g/mol. The number of amides is 1. The highest BCUT2D eigenvalue weighted by molar-refractivity contribution is 7.99. The Kier molecular flexibility index (Phi) is 4.06. The van der Waals surface area contributed by atoms with Crippen LogP contribution < -0.4 is 5.73 Å². The molecule has 1 saturated heterocycles. The molecule has 0 saturated carbocycles. The molecule has 1 aliphatic rings. The third-order valence-corrected chi connectivity index (χ3v) is 3.60. The number of carbonyl (C=O) groups excluding carboxylic acids is 1. The van der Waals surface area contributed by atoms with Gasteiger partial charge in [-0.1, -0.05) is 6.92 Å². The van der Waals surface area contributed by atoms with Gasteiger partial charge in [0.25, 0.3) is 0 Å². The summed E-state index contributed by atoms with van der Waals surface area (Å²) in [6.45, 7) is 4.90. The first kappa shape index (κ1) is 10.9. The first-order valence-electron chi connectivity index (χ1n) is 4.80. The van der Waals surface area contributed by atoms with Gasteiger partial charge in [0, 0.05) is 24.1 Å². The van der Waals surface area contributed by atoms with Crippen molar-refractivity contribution in [1.82, 2.24) is 4.90 Å². The van der Waals surface area contributed by atoms with E-state index in [4.69, 9.17) is 5.73 Å². The summed E-state index contributed by atoms with van der Waals surface area (Å²) in [6.07, 6.45) is 0.731. The van der Waals surface area contributed by atoms with Gasteiger partial charge in [0.1, 0.15) is 0 Å². The Bertz CT molecular complexity index is 186. The number of nitrogens with zero attached hydrogens (tertiary/aromatic N) is 1. The molecule has 0 aromatic heterocycles. The second-order valence-electron chi connectivity index (χ2n) is 3.47. The molecule has 2 unspecified atom stereocenters. The van der Waals surface area contributed by atoms with Crippen LogP contribution >= 0.6 is 11.8 Å². The van der Waals surface area contributed by atoms with Crippen molar-refractivity contribution in [3.05, 3.63) is 0 Å². The van der Waals surface area contributed by atoms with Crippen LogP contribution in [0.5, 0.6) is 0 Å². The predicted molar refractivity (Wildman–Crippen MR) is 56.8 cm³/mol. The highest BCUT2D eigenvalue weighted by atomic mass is 32.2. The van der Waals surface area contributed by atoms with Crippen molar-refractivity contribution in [2.75, 3.05) is 18.1 Å². The second kappa shape index (κ2) is 4.86. The number of hydrogen-bond donors (Lipinski definition) is 1. The summed E-state index contributed by atoms with van der Waals surface area (Å²) in [5, 5.41) is 0. The van der Waals surface area contributed by atoms with E-state index in [2.05, 4.69) is 6.92 Å². The summed E-state index contributed by atoms with van der Waals surface area (Å²) in [5.41, 5.74) is 5.71. The topological polar surface area (TPSA) is 46.3 Å². The van der Waals surface area contributed by atoms with Crippen LogP contribution in [0.25, 0.3) is 0 Å². The maximum Gasteiger partial charge on any atom is 0.239 e. The highest BCUT2D eigenvalue weighted by Crippen LogP contribution is 2.16. The number of carbonyl (C=O) groups is 1. The van der Waals surface area contributed by atoms with Crippen LogP contribution in [-0.2, 0) is 4.79 Å². The van der Waals surface area contributed by atoms with E-state index < -0.39 is 0 Å². The number of nitrogens with two attached hydrogens (primary N) is 1. The van der Waals surface area contributed by atoms with Crippen molar-refractivity contribution in [2.24, 2.45) is 5.73 Å². The number of thioether (sulfide) groups is 1. The molecule has 76 valence electrons. The Morgan fingerprint density at radius 2 is 2.46 bits per heavy atom. The SMILES string of the molecule is CCC(N)C(=O)N1CCSCC1C. The maximum atomic E-state index is 11.7. The van der Waals surface area contributed by atoms with Crippen molar-refractivity contribution >= 4 is 17.7 Å². The van der Waals surface area contributed by atoms with Crippen molar-refractivity contribution in [3.63, 3.8) is 0 Å². The highest BCUT2D eigenvalue weighted by Gasteiger charge is 2.26. The standard InChI is InChI=1S/C9H18N2OS/c1-3-8(10)9(12)11-4-5-13-6-7(11)2/h7-8H,3-6,10H2,1-2H3. The Morgan fingerprint density at radius 3 is 3.00 bits per heavy atom. The third-order valence-electron chi connectivity index (χ3n) is 2.41. The molecule has 0 spiro atoms. The van der Waals surface area contributed by atoms with E-state index in [0.29, 0.717) is 6.04 Å². The van der Waals surface area contributed by atoms with Gasteiger partial charge in [-0.3, -0.25) is 4.79 Å². The lowest BCUT2D eigenvalue weighted by Crippen LogP contribution is -2.51.